The van der Waals surface area contributed by atoms with Crippen molar-refractivity contribution in [1.29, 1.82) is 0 Å². The van der Waals surface area contributed by atoms with Crippen LogP contribution in [0.1, 0.15) is 36.0 Å². The van der Waals surface area contributed by atoms with Gasteiger partial charge in [-0.2, -0.15) is 0 Å². The maximum atomic E-state index is 12.8. The number of alkyl halides is 1. The van der Waals surface area contributed by atoms with E-state index >= 15 is 0 Å². The van der Waals surface area contributed by atoms with Gasteiger partial charge in [-0.05, 0) is 43.9 Å². The molecule has 1 aliphatic heterocycles. The summed E-state index contributed by atoms with van der Waals surface area (Å²) >= 11 is 5.87. The molecule has 2 heterocycles. The van der Waals surface area contributed by atoms with Gasteiger partial charge in [-0.25, -0.2) is 0 Å². The van der Waals surface area contributed by atoms with Crippen molar-refractivity contribution in [2.45, 2.75) is 31.7 Å². The van der Waals surface area contributed by atoms with Crippen LogP contribution in [0.3, 0.4) is 0 Å². The van der Waals surface area contributed by atoms with Crippen LogP contribution in [0.5, 0.6) is 0 Å². The summed E-state index contributed by atoms with van der Waals surface area (Å²) in [4.78, 5) is 23.2. The molecule has 2 aromatic rings. The summed E-state index contributed by atoms with van der Waals surface area (Å²) in [6.45, 7) is 0.818. The number of rotatable bonds is 3. The number of piperidine rings is 1. The minimum atomic E-state index is 0.0809. The van der Waals surface area contributed by atoms with Gasteiger partial charge in [0.25, 0.3) is 5.91 Å². The van der Waals surface area contributed by atoms with Crippen molar-refractivity contribution in [3.63, 3.8) is 0 Å². The molecule has 0 aliphatic carbocycles. The van der Waals surface area contributed by atoms with Crippen LogP contribution < -0.4 is 0 Å². The van der Waals surface area contributed by atoms with Gasteiger partial charge >= 0.3 is 0 Å². The molecule has 0 saturated carbocycles. The third-order valence-corrected chi connectivity index (χ3v) is 4.26. The second kappa shape index (κ2) is 6.39. The first-order valence-electron chi connectivity index (χ1n) is 7.37. The van der Waals surface area contributed by atoms with E-state index in [0.29, 0.717) is 11.4 Å². The van der Waals surface area contributed by atoms with Gasteiger partial charge in [0.15, 0.2) is 0 Å². The van der Waals surface area contributed by atoms with Gasteiger partial charge in [0, 0.05) is 36.4 Å². The Morgan fingerprint density at radius 2 is 2.05 bits per heavy atom. The number of amides is 1. The molecule has 1 atom stereocenters. The van der Waals surface area contributed by atoms with Crippen molar-refractivity contribution in [1.82, 2.24) is 14.9 Å². The summed E-state index contributed by atoms with van der Waals surface area (Å²) in [5.74, 6) is 0.676. The van der Waals surface area contributed by atoms with Gasteiger partial charge in [0.1, 0.15) is 0 Å². The molecule has 0 bridgehead atoms. The topological polar surface area (TPSA) is 46.1 Å². The molecule has 4 nitrogen and oxygen atoms in total. The highest BCUT2D eigenvalue weighted by molar-refractivity contribution is 6.17. The van der Waals surface area contributed by atoms with E-state index in [4.69, 9.17) is 11.6 Å². The van der Waals surface area contributed by atoms with E-state index in [9.17, 15) is 4.79 Å². The fourth-order valence-electron chi connectivity index (χ4n) is 2.96. The zero-order valence-electron chi connectivity index (χ0n) is 11.8. The summed E-state index contributed by atoms with van der Waals surface area (Å²) in [6, 6.07) is 5.79. The molecule has 110 valence electrons. The third kappa shape index (κ3) is 3.00. The van der Waals surface area contributed by atoms with Crippen LogP contribution in [0, 0.1) is 0 Å². The number of aromatic nitrogens is 2. The summed E-state index contributed by atoms with van der Waals surface area (Å²) < 4.78 is 0. The zero-order valence-corrected chi connectivity index (χ0v) is 12.6. The number of halogens is 1. The monoisotopic (exact) mass is 303 g/mol. The van der Waals surface area contributed by atoms with E-state index < -0.39 is 0 Å². The van der Waals surface area contributed by atoms with Crippen LogP contribution in [0.4, 0.5) is 0 Å². The molecule has 1 saturated heterocycles. The highest BCUT2D eigenvalue weighted by Crippen LogP contribution is 2.23. The van der Waals surface area contributed by atoms with Crippen molar-refractivity contribution in [3.8, 4) is 0 Å². The number of carbonyl (C=O) groups excluding carboxylic acids is 1. The summed E-state index contributed by atoms with van der Waals surface area (Å²) in [5, 5.41) is 0. The van der Waals surface area contributed by atoms with Gasteiger partial charge in [-0.1, -0.05) is 0 Å². The Balaban J connectivity index is 1.87. The lowest BCUT2D eigenvalue weighted by Gasteiger charge is -2.35. The van der Waals surface area contributed by atoms with Crippen LogP contribution in [0.25, 0.3) is 11.0 Å². The maximum absolute atomic E-state index is 12.8. The Morgan fingerprint density at radius 3 is 2.86 bits per heavy atom. The second-order valence-electron chi connectivity index (χ2n) is 5.39. The SMILES string of the molecule is O=C(c1ccc2nccnc2c1)N1CCCCC1CCCl. The van der Waals surface area contributed by atoms with Crippen LogP contribution in [-0.2, 0) is 0 Å². The van der Waals surface area contributed by atoms with Gasteiger partial charge in [-0.3, -0.25) is 14.8 Å². The van der Waals surface area contributed by atoms with Crippen LogP contribution in [0.2, 0.25) is 0 Å². The molecule has 1 aromatic heterocycles. The first kappa shape index (κ1) is 14.3. The number of nitrogens with zero attached hydrogens (tertiary/aromatic N) is 3. The Morgan fingerprint density at radius 1 is 1.24 bits per heavy atom. The molecule has 1 amide bonds. The molecular formula is C16H18ClN3O. The highest BCUT2D eigenvalue weighted by Gasteiger charge is 2.27. The summed E-state index contributed by atoms with van der Waals surface area (Å²) in [6.07, 6.45) is 7.46. The Hall–Kier alpha value is -1.68. The largest absolute Gasteiger partial charge is 0.336 e. The van der Waals surface area contributed by atoms with Crippen molar-refractivity contribution >= 4 is 28.5 Å². The molecule has 0 radical (unpaired) electrons. The molecular weight excluding hydrogens is 286 g/mol. The predicted molar refractivity (Wildman–Crippen MR) is 83.6 cm³/mol. The van der Waals surface area contributed by atoms with Gasteiger partial charge in [0.05, 0.1) is 11.0 Å². The second-order valence-corrected chi connectivity index (χ2v) is 5.76. The molecule has 0 N–H and O–H groups in total. The Bertz CT molecular complexity index is 644. The smallest absolute Gasteiger partial charge is 0.254 e. The first-order valence-corrected chi connectivity index (χ1v) is 7.91. The first-order chi connectivity index (χ1) is 10.3. The van der Waals surface area contributed by atoms with Crippen molar-refractivity contribution in [3.05, 3.63) is 36.2 Å². The highest BCUT2D eigenvalue weighted by atomic mass is 35.5. The summed E-state index contributed by atoms with van der Waals surface area (Å²) in [5.41, 5.74) is 2.25. The number of fused-ring (bicyclic) bond motifs is 1. The minimum Gasteiger partial charge on any atom is -0.336 e. The molecule has 5 heteroatoms. The lowest BCUT2D eigenvalue weighted by Crippen LogP contribution is -2.43. The van der Waals surface area contributed by atoms with Crippen LogP contribution >= 0.6 is 11.6 Å². The zero-order chi connectivity index (χ0) is 14.7. The average molecular weight is 304 g/mol. The lowest BCUT2D eigenvalue weighted by atomic mass is 9.98. The van der Waals surface area contributed by atoms with E-state index in [1.165, 1.54) is 6.42 Å². The van der Waals surface area contributed by atoms with E-state index in [-0.39, 0.29) is 11.9 Å². The molecule has 1 aromatic carbocycles. The molecule has 0 spiro atoms. The standard InChI is InChI=1S/C16H18ClN3O/c17-7-6-13-3-1-2-10-20(13)16(21)12-4-5-14-15(11-12)19-9-8-18-14/h4-5,8-9,11,13H,1-3,6-7,10H2. The third-order valence-electron chi connectivity index (χ3n) is 4.05. The maximum Gasteiger partial charge on any atom is 0.254 e. The average Bonchev–Trinajstić information content (AvgIpc) is 2.54. The number of likely N-dealkylation sites (tertiary alicyclic amines) is 1. The number of carbonyl (C=O) groups is 1. The van der Waals surface area contributed by atoms with Crippen molar-refractivity contribution < 1.29 is 4.79 Å². The van der Waals surface area contributed by atoms with Crippen molar-refractivity contribution in [2.75, 3.05) is 12.4 Å². The molecule has 3 rings (SSSR count). The minimum absolute atomic E-state index is 0.0809. The quantitative estimate of drug-likeness (QED) is 0.818. The van der Waals surface area contributed by atoms with Gasteiger partial charge in [0.2, 0.25) is 0 Å². The van der Waals surface area contributed by atoms with E-state index in [0.717, 1.165) is 36.8 Å². The fourth-order valence-corrected chi connectivity index (χ4v) is 3.21. The molecule has 1 unspecified atom stereocenters. The number of benzene rings is 1. The Labute approximate surface area is 129 Å². The van der Waals surface area contributed by atoms with Crippen LogP contribution in [-0.4, -0.2) is 39.2 Å². The molecule has 21 heavy (non-hydrogen) atoms. The van der Waals surface area contributed by atoms with E-state index in [2.05, 4.69) is 9.97 Å². The fraction of sp³-hybridized carbons (Fsp3) is 0.438. The normalized spacial score (nSPS) is 18.9. The lowest BCUT2D eigenvalue weighted by molar-refractivity contribution is 0.0609. The van der Waals surface area contributed by atoms with Gasteiger partial charge < -0.3 is 4.90 Å². The molecule has 1 aliphatic rings. The molecule has 1 fully saturated rings. The van der Waals surface area contributed by atoms with Crippen molar-refractivity contribution in [2.24, 2.45) is 0 Å². The van der Waals surface area contributed by atoms with Gasteiger partial charge in [-0.15, -0.1) is 11.6 Å². The Kier molecular flexibility index (Phi) is 4.34. The number of hydrogen-bond acceptors (Lipinski definition) is 3. The predicted octanol–water partition coefficient (Wildman–Crippen LogP) is 3.25. The summed E-state index contributed by atoms with van der Waals surface area (Å²) in [7, 11) is 0. The van der Waals surface area contributed by atoms with E-state index in [1.807, 2.05) is 23.1 Å². The van der Waals surface area contributed by atoms with E-state index in [1.54, 1.807) is 12.4 Å². The van der Waals surface area contributed by atoms with Crippen LogP contribution in [0.15, 0.2) is 30.6 Å². The number of hydrogen-bond donors (Lipinski definition) is 0.